The van der Waals surface area contributed by atoms with Gasteiger partial charge in [-0.25, -0.2) is 0 Å². The maximum Gasteiger partial charge on any atom is 0.0396 e. The van der Waals surface area contributed by atoms with Gasteiger partial charge in [0, 0.05) is 25.3 Å². The lowest BCUT2D eigenvalue weighted by molar-refractivity contribution is 0.422. The second-order valence-electron chi connectivity index (χ2n) is 7.38. The van der Waals surface area contributed by atoms with Crippen LogP contribution in [0.2, 0.25) is 0 Å². The van der Waals surface area contributed by atoms with Gasteiger partial charge in [0.15, 0.2) is 0 Å². The van der Waals surface area contributed by atoms with E-state index in [0.717, 1.165) is 24.9 Å². The molecule has 1 unspecified atom stereocenters. The van der Waals surface area contributed by atoms with E-state index in [1.165, 1.54) is 36.3 Å². The molecule has 0 spiro atoms. The molecule has 0 amide bonds. The van der Waals surface area contributed by atoms with Crippen LogP contribution in [0.4, 0.5) is 5.69 Å². The van der Waals surface area contributed by atoms with Crippen LogP contribution in [-0.2, 0) is 6.54 Å². The molecule has 2 nitrogen and oxygen atoms in total. The van der Waals surface area contributed by atoms with Crippen molar-refractivity contribution < 1.29 is 0 Å². The Morgan fingerprint density at radius 3 is 2.57 bits per heavy atom. The van der Waals surface area contributed by atoms with Crippen molar-refractivity contribution in [1.82, 2.24) is 5.32 Å². The zero-order valence-electron chi connectivity index (χ0n) is 14.4. The summed E-state index contributed by atoms with van der Waals surface area (Å²) in [7, 11) is 0. The van der Waals surface area contributed by atoms with Crippen LogP contribution in [0, 0.1) is 24.7 Å². The van der Waals surface area contributed by atoms with Crippen LogP contribution >= 0.6 is 0 Å². The van der Waals surface area contributed by atoms with E-state index in [1.807, 2.05) is 0 Å². The molecule has 1 aliphatic rings. The maximum atomic E-state index is 3.53. The highest BCUT2D eigenvalue weighted by Gasteiger charge is 2.25. The summed E-state index contributed by atoms with van der Waals surface area (Å²) in [5, 5.41) is 3.53. The molecule has 1 fully saturated rings. The van der Waals surface area contributed by atoms with Gasteiger partial charge in [-0.1, -0.05) is 39.8 Å². The van der Waals surface area contributed by atoms with Gasteiger partial charge in [-0.05, 0) is 54.8 Å². The van der Waals surface area contributed by atoms with Crippen molar-refractivity contribution in [1.29, 1.82) is 0 Å². The molecule has 1 aromatic carbocycles. The molecular formula is C19H32N2. The number of nitrogens with zero attached hydrogens (tertiary/aromatic N) is 1. The Balaban J connectivity index is 1.96. The van der Waals surface area contributed by atoms with Crippen molar-refractivity contribution in [2.75, 3.05) is 24.5 Å². The number of aryl methyl sites for hydroxylation is 1. The van der Waals surface area contributed by atoms with Gasteiger partial charge >= 0.3 is 0 Å². The Hall–Kier alpha value is -1.02. The lowest BCUT2D eigenvalue weighted by atomic mass is 9.95. The molecule has 1 aromatic rings. The average molecular weight is 288 g/mol. The largest absolute Gasteiger partial charge is 0.371 e. The molecule has 2 rings (SSSR count). The topological polar surface area (TPSA) is 15.3 Å². The van der Waals surface area contributed by atoms with E-state index in [2.05, 4.69) is 63.0 Å². The molecule has 0 aliphatic carbocycles. The lowest BCUT2D eigenvalue weighted by Gasteiger charge is -2.22. The van der Waals surface area contributed by atoms with Crippen molar-refractivity contribution in [3.63, 3.8) is 0 Å². The van der Waals surface area contributed by atoms with Crippen molar-refractivity contribution in [3.8, 4) is 0 Å². The predicted molar refractivity (Wildman–Crippen MR) is 92.9 cm³/mol. The molecule has 0 saturated carbocycles. The van der Waals surface area contributed by atoms with Crippen LogP contribution in [-0.4, -0.2) is 19.6 Å². The summed E-state index contributed by atoms with van der Waals surface area (Å²) in [6.07, 6.45) is 1.34. The highest BCUT2D eigenvalue weighted by molar-refractivity contribution is 5.55. The van der Waals surface area contributed by atoms with Crippen molar-refractivity contribution in [2.24, 2.45) is 17.8 Å². The Labute approximate surface area is 130 Å². The predicted octanol–water partition coefficient (Wildman–Crippen LogP) is 4.22. The summed E-state index contributed by atoms with van der Waals surface area (Å²) in [6, 6.07) is 6.97. The smallest absolute Gasteiger partial charge is 0.0396 e. The fourth-order valence-corrected chi connectivity index (χ4v) is 3.24. The van der Waals surface area contributed by atoms with Gasteiger partial charge in [-0.15, -0.1) is 0 Å². The molecule has 0 radical (unpaired) electrons. The molecule has 1 aliphatic heterocycles. The van der Waals surface area contributed by atoms with Gasteiger partial charge < -0.3 is 10.2 Å². The number of nitrogens with one attached hydrogen (secondary N) is 1. The molecule has 1 atom stereocenters. The van der Waals surface area contributed by atoms with Crippen LogP contribution < -0.4 is 10.2 Å². The summed E-state index contributed by atoms with van der Waals surface area (Å²) in [5.41, 5.74) is 4.26. The maximum absolute atomic E-state index is 3.53. The summed E-state index contributed by atoms with van der Waals surface area (Å²) in [6.45, 7) is 16.0. The third kappa shape index (κ3) is 4.47. The second-order valence-corrected chi connectivity index (χ2v) is 7.38. The highest BCUT2D eigenvalue weighted by atomic mass is 15.2. The SMILES string of the molecule is Cc1cc(CNCC(C)C)ccc1N1CCC(C(C)C)C1. The van der Waals surface area contributed by atoms with Crippen molar-refractivity contribution >= 4 is 5.69 Å². The molecule has 21 heavy (non-hydrogen) atoms. The van der Waals surface area contributed by atoms with Gasteiger partial charge in [0.25, 0.3) is 0 Å². The van der Waals surface area contributed by atoms with Gasteiger partial charge in [0.2, 0.25) is 0 Å². The fraction of sp³-hybridized carbons (Fsp3) is 0.684. The molecule has 1 heterocycles. The van der Waals surface area contributed by atoms with Gasteiger partial charge in [0.1, 0.15) is 0 Å². The lowest BCUT2D eigenvalue weighted by Crippen LogP contribution is -2.22. The summed E-state index contributed by atoms with van der Waals surface area (Å²) in [4.78, 5) is 2.57. The summed E-state index contributed by atoms with van der Waals surface area (Å²) >= 11 is 0. The monoisotopic (exact) mass is 288 g/mol. The zero-order chi connectivity index (χ0) is 15.4. The Morgan fingerprint density at radius 1 is 1.24 bits per heavy atom. The van der Waals surface area contributed by atoms with E-state index in [1.54, 1.807) is 0 Å². The third-order valence-electron chi connectivity index (χ3n) is 4.65. The van der Waals surface area contributed by atoms with E-state index in [0.29, 0.717) is 5.92 Å². The van der Waals surface area contributed by atoms with Crippen LogP contribution in [0.3, 0.4) is 0 Å². The van der Waals surface area contributed by atoms with Gasteiger partial charge in [-0.2, -0.15) is 0 Å². The fourth-order valence-electron chi connectivity index (χ4n) is 3.24. The van der Waals surface area contributed by atoms with E-state index < -0.39 is 0 Å². The molecule has 2 heteroatoms. The summed E-state index contributed by atoms with van der Waals surface area (Å²) in [5.74, 6) is 2.37. The zero-order valence-corrected chi connectivity index (χ0v) is 14.4. The molecule has 0 aromatic heterocycles. The minimum Gasteiger partial charge on any atom is -0.371 e. The first kappa shape index (κ1) is 16.4. The van der Waals surface area contributed by atoms with E-state index >= 15 is 0 Å². The average Bonchev–Trinajstić information content (AvgIpc) is 2.88. The van der Waals surface area contributed by atoms with Gasteiger partial charge in [0.05, 0.1) is 0 Å². The minimum atomic E-state index is 0.711. The van der Waals surface area contributed by atoms with E-state index in [4.69, 9.17) is 0 Å². The number of benzene rings is 1. The molecule has 118 valence electrons. The highest BCUT2D eigenvalue weighted by Crippen LogP contribution is 2.30. The standard InChI is InChI=1S/C19H32N2/c1-14(2)11-20-12-17-6-7-19(16(5)10-17)21-9-8-18(13-21)15(3)4/h6-7,10,14-15,18,20H,8-9,11-13H2,1-5H3. The number of rotatable bonds is 6. The van der Waals surface area contributed by atoms with E-state index in [-0.39, 0.29) is 0 Å². The number of hydrogen-bond acceptors (Lipinski definition) is 2. The van der Waals surface area contributed by atoms with Gasteiger partial charge in [-0.3, -0.25) is 0 Å². The van der Waals surface area contributed by atoms with Crippen LogP contribution in [0.1, 0.15) is 45.2 Å². The molecular weight excluding hydrogens is 256 g/mol. The Morgan fingerprint density at radius 2 is 2.00 bits per heavy atom. The Kier molecular flexibility index (Phi) is 5.69. The van der Waals surface area contributed by atoms with Crippen LogP contribution in [0.25, 0.3) is 0 Å². The molecule has 1 saturated heterocycles. The normalized spacial score (nSPS) is 19.0. The molecule has 1 N–H and O–H groups in total. The number of hydrogen-bond donors (Lipinski definition) is 1. The van der Waals surface area contributed by atoms with E-state index in [9.17, 15) is 0 Å². The third-order valence-corrected chi connectivity index (χ3v) is 4.65. The second kappa shape index (κ2) is 7.31. The number of anilines is 1. The van der Waals surface area contributed by atoms with Crippen molar-refractivity contribution in [2.45, 2.75) is 47.6 Å². The van der Waals surface area contributed by atoms with Crippen LogP contribution in [0.5, 0.6) is 0 Å². The molecule has 0 bridgehead atoms. The van der Waals surface area contributed by atoms with Crippen LogP contribution in [0.15, 0.2) is 18.2 Å². The minimum absolute atomic E-state index is 0.711. The quantitative estimate of drug-likeness (QED) is 0.843. The first-order valence-electron chi connectivity index (χ1n) is 8.52. The summed E-state index contributed by atoms with van der Waals surface area (Å²) < 4.78 is 0. The first-order chi connectivity index (χ1) is 9.97. The van der Waals surface area contributed by atoms with Crippen molar-refractivity contribution in [3.05, 3.63) is 29.3 Å². The first-order valence-corrected chi connectivity index (χ1v) is 8.52. The Bertz CT molecular complexity index is 451.